The van der Waals surface area contributed by atoms with Crippen LogP contribution in [0.1, 0.15) is 49.4 Å². The van der Waals surface area contributed by atoms with Crippen LogP contribution in [0.25, 0.3) is 0 Å². The summed E-state index contributed by atoms with van der Waals surface area (Å²) in [6.07, 6.45) is 4.48. The van der Waals surface area contributed by atoms with Crippen molar-refractivity contribution in [2.75, 3.05) is 31.0 Å². The second-order valence-electron chi connectivity index (χ2n) is 7.09. The molecule has 0 aromatic carbocycles. The second-order valence-corrected chi connectivity index (χ2v) is 10.3. The molecule has 0 saturated carbocycles. The molecule has 1 aromatic rings. The number of ether oxygens (including phenoxy) is 2. The lowest BCUT2D eigenvalue weighted by Gasteiger charge is -2.18. The minimum atomic E-state index is -3.32. The molecule has 1 aliphatic rings. The molecule has 0 aliphatic heterocycles. The van der Waals surface area contributed by atoms with Gasteiger partial charge in [-0.25, -0.2) is 13.4 Å². The molecular weight excluding hydrogens is 412 g/mol. The summed E-state index contributed by atoms with van der Waals surface area (Å²) in [6, 6.07) is 4.01. The van der Waals surface area contributed by atoms with Gasteiger partial charge in [-0.1, -0.05) is 25.1 Å². The first-order valence-corrected chi connectivity index (χ1v) is 12.6. The van der Waals surface area contributed by atoms with Crippen LogP contribution in [0.4, 0.5) is 0 Å². The van der Waals surface area contributed by atoms with E-state index in [-0.39, 0.29) is 23.9 Å². The third-order valence-electron chi connectivity index (χ3n) is 4.61. The molecule has 160 valence electrons. The minimum Gasteiger partial charge on any atom is -0.458 e. The van der Waals surface area contributed by atoms with E-state index in [9.17, 15) is 18.5 Å². The number of carbonyl (C=O) groups is 1. The molecular formula is C20H28N2O5S2. The van der Waals surface area contributed by atoms with Crippen LogP contribution in [0.3, 0.4) is 0 Å². The number of nitriles is 1. The van der Waals surface area contributed by atoms with Crippen molar-refractivity contribution in [1.29, 1.82) is 5.26 Å². The van der Waals surface area contributed by atoms with Gasteiger partial charge in [0.2, 0.25) is 0 Å². The number of hydrogen-bond acceptors (Lipinski definition) is 8. The molecule has 1 aliphatic carbocycles. The third kappa shape index (κ3) is 7.61. The smallest absolute Gasteiger partial charge is 0.316 e. The standard InChI is InChI=1S/C20H28N2O5S2/c1-3-4-9-29(24,25)14-17(12-26-2)27-19(23)13-28-20-16(11-21)10-15-7-5-6-8-18(15)22-20/h10,17H,3-9,12-14H2,1-2H3. The summed E-state index contributed by atoms with van der Waals surface area (Å²) in [5, 5.41) is 9.91. The van der Waals surface area contributed by atoms with Crippen molar-refractivity contribution < 1.29 is 22.7 Å². The van der Waals surface area contributed by atoms with Gasteiger partial charge in [0.05, 0.1) is 29.4 Å². The third-order valence-corrected chi connectivity index (χ3v) is 7.37. The van der Waals surface area contributed by atoms with Crippen molar-refractivity contribution in [3.63, 3.8) is 0 Å². The van der Waals surface area contributed by atoms with Gasteiger partial charge in [-0.05, 0) is 43.7 Å². The number of hydrogen-bond donors (Lipinski definition) is 0. The van der Waals surface area contributed by atoms with Crippen LogP contribution in [0, 0.1) is 11.3 Å². The molecule has 1 heterocycles. The van der Waals surface area contributed by atoms with Gasteiger partial charge in [0.15, 0.2) is 9.84 Å². The lowest BCUT2D eigenvalue weighted by Crippen LogP contribution is -2.32. The van der Waals surface area contributed by atoms with Gasteiger partial charge in [-0.2, -0.15) is 5.26 Å². The van der Waals surface area contributed by atoms with Gasteiger partial charge < -0.3 is 9.47 Å². The van der Waals surface area contributed by atoms with E-state index in [4.69, 9.17) is 9.47 Å². The van der Waals surface area contributed by atoms with E-state index >= 15 is 0 Å². The van der Waals surface area contributed by atoms with E-state index in [0.717, 1.165) is 55.1 Å². The van der Waals surface area contributed by atoms with E-state index in [1.54, 1.807) is 0 Å². The number of rotatable bonds is 11. The van der Waals surface area contributed by atoms with E-state index in [2.05, 4.69) is 11.1 Å². The summed E-state index contributed by atoms with van der Waals surface area (Å²) in [4.78, 5) is 16.9. The van der Waals surface area contributed by atoms with E-state index in [0.29, 0.717) is 17.0 Å². The van der Waals surface area contributed by atoms with Gasteiger partial charge in [-0.15, -0.1) is 0 Å². The number of nitrogens with zero attached hydrogens (tertiary/aromatic N) is 2. The Bertz CT molecular complexity index is 849. The van der Waals surface area contributed by atoms with Crippen molar-refractivity contribution in [2.45, 2.75) is 56.6 Å². The first-order valence-electron chi connectivity index (χ1n) is 9.83. The van der Waals surface area contributed by atoms with Gasteiger partial charge in [0.25, 0.3) is 0 Å². The molecule has 2 rings (SSSR count). The highest BCUT2D eigenvalue weighted by Gasteiger charge is 2.23. The second kappa shape index (κ2) is 11.5. The number of fused-ring (bicyclic) bond motifs is 1. The fraction of sp³-hybridized carbons (Fsp3) is 0.650. The first kappa shape index (κ1) is 23.6. The predicted molar refractivity (Wildman–Crippen MR) is 112 cm³/mol. The Labute approximate surface area is 177 Å². The molecule has 29 heavy (non-hydrogen) atoms. The largest absolute Gasteiger partial charge is 0.458 e. The number of sulfone groups is 1. The quantitative estimate of drug-likeness (QED) is 0.382. The topological polar surface area (TPSA) is 106 Å². The summed E-state index contributed by atoms with van der Waals surface area (Å²) in [5.74, 6) is -0.778. The van der Waals surface area contributed by atoms with Crippen LogP contribution in [-0.4, -0.2) is 56.5 Å². The molecule has 0 saturated heterocycles. The Morgan fingerprint density at radius 1 is 1.38 bits per heavy atom. The summed E-state index contributed by atoms with van der Waals surface area (Å²) < 4.78 is 34.7. The van der Waals surface area contributed by atoms with Crippen LogP contribution >= 0.6 is 11.8 Å². The molecule has 1 atom stereocenters. The number of esters is 1. The van der Waals surface area contributed by atoms with Crippen LogP contribution in [0.15, 0.2) is 11.1 Å². The molecule has 0 bridgehead atoms. The average Bonchev–Trinajstić information content (AvgIpc) is 2.69. The predicted octanol–water partition coefficient (Wildman–Crippen LogP) is 2.70. The monoisotopic (exact) mass is 440 g/mol. The average molecular weight is 441 g/mol. The van der Waals surface area contributed by atoms with Crippen LogP contribution in [-0.2, 0) is 36.9 Å². The molecule has 0 amide bonds. The molecule has 1 unspecified atom stereocenters. The molecule has 0 fully saturated rings. The molecule has 0 N–H and O–H groups in total. The van der Waals surface area contributed by atoms with Crippen molar-refractivity contribution in [2.24, 2.45) is 0 Å². The fourth-order valence-electron chi connectivity index (χ4n) is 3.18. The molecule has 0 spiro atoms. The Kier molecular flexibility index (Phi) is 9.40. The van der Waals surface area contributed by atoms with E-state index in [1.165, 1.54) is 7.11 Å². The van der Waals surface area contributed by atoms with Crippen molar-refractivity contribution in [3.8, 4) is 6.07 Å². The number of methoxy groups -OCH3 is 1. The van der Waals surface area contributed by atoms with Crippen molar-refractivity contribution in [1.82, 2.24) is 4.98 Å². The summed E-state index contributed by atoms with van der Waals surface area (Å²) in [5.41, 5.74) is 2.56. The number of aromatic nitrogens is 1. The zero-order valence-corrected chi connectivity index (χ0v) is 18.6. The summed E-state index contributed by atoms with van der Waals surface area (Å²) in [7, 11) is -1.88. The summed E-state index contributed by atoms with van der Waals surface area (Å²) >= 11 is 1.15. The Hall–Kier alpha value is -1.63. The normalized spacial score (nSPS) is 14.7. The maximum absolute atomic E-state index is 12.3. The SMILES string of the molecule is CCCCS(=O)(=O)CC(COC)OC(=O)CSc1nc2c(cc1C#N)CCCC2. The van der Waals surface area contributed by atoms with Crippen molar-refractivity contribution >= 4 is 27.6 Å². The lowest BCUT2D eigenvalue weighted by molar-refractivity contribution is -0.146. The number of pyridine rings is 1. The Balaban J connectivity index is 1.97. The zero-order valence-electron chi connectivity index (χ0n) is 17.0. The Morgan fingerprint density at radius 2 is 2.14 bits per heavy atom. The van der Waals surface area contributed by atoms with Crippen LogP contribution in [0.2, 0.25) is 0 Å². The van der Waals surface area contributed by atoms with Gasteiger partial charge in [0, 0.05) is 12.8 Å². The number of unbranched alkanes of at least 4 members (excludes halogenated alkanes) is 1. The zero-order chi connectivity index (χ0) is 21.3. The van der Waals surface area contributed by atoms with Crippen molar-refractivity contribution in [3.05, 3.63) is 22.9 Å². The maximum Gasteiger partial charge on any atom is 0.316 e. The highest BCUT2D eigenvalue weighted by atomic mass is 32.2. The molecule has 1 aromatic heterocycles. The maximum atomic E-state index is 12.3. The summed E-state index contributed by atoms with van der Waals surface area (Å²) in [6.45, 7) is 1.94. The molecule has 0 radical (unpaired) electrons. The van der Waals surface area contributed by atoms with E-state index in [1.807, 2.05) is 13.0 Å². The van der Waals surface area contributed by atoms with E-state index < -0.39 is 21.9 Å². The van der Waals surface area contributed by atoms with Gasteiger partial charge in [-0.3, -0.25) is 4.79 Å². The number of thioether (sulfide) groups is 1. The van der Waals surface area contributed by atoms with Gasteiger partial charge in [0.1, 0.15) is 17.2 Å². The Morgan fingerprint density at radius 3 is 2.83 bits per heavy atom. The highest BCUT2D eigenvalue weighted by molar-refractivity contribution is 7.99. The molecule has 9 heteroatoms. The van der Waals surface area contributed by atoms with Crippen LogP contribution in [0.5, 0.6) is 0 Å². The lowest BCUT2D eigenvalue weighted by atomic mass is 9.95. The fourth-order valence-corrected chi connectivity index (χ4v) is 5.57. The number of carbonyl (C=O) groups excluding carboxylic acids is 1. The first-order chi connectivity index (χ1) is 13.9. The highest BCUT2D eigenvalue weighted by Crippen LogP contribution is 2.27. The molecule has 7 nitrogen and oxygen atoms in total. The van der Waals surface area contributed by atoms with Crippen LogP contribution < -0.4 is 0 Å². The minimum absolute atomic E-state index is 0.0162. The number of aryl methyl sites for hydroxylation is 2. The van der Waals surface area contributed by atoms with Gasteiger partial charge >= 0.3 is 5.97 Å².